The smallest absolute Gasteiger partial charge is 0.307 e. The summed E-state index contributed by atoms with van der Waals surface area (Å²) >= 11 is 35.5. The number of hydrogen-bond donors (Lipinski definition) is 0. The van der Waals surface area contributed by atoms with E-state index in [1.54, 1.807) is 34.6 Å². The molecule has 0 aromatic rings. The Morgan fingerprint density at radius 3 is 0.946 bits per heavy atom. The fraction of sp³-hybridized carbons (Fsp3) is 1.00. The Morgan fingerprint density at radius 1 is 0.514 bits per heavy atom. The van der Waals surface area contributed by atoms with Crippen molar-refractivity contribution in [1.82, 2.24) is 0 Å². The third-order valence-electron chi connectivity index (χ3n) is 3.85. The van der Waals surface area contributed by atoms with Crippen LogP contribution in [0.15, 0.2) is 0 Å². The van der Waals surface area contributed by atoms with Gasteiger partial charge in [-0.1, -0.05) is 0 Å². The molecular formula is C19H38Cl5O9P3S. The molecule has 7 unspecified atom stereocenters. The largest absolute Gasteiger partial charge is 0.359 e. The van der Waals surface area contributed by atoms with E-state index in [9.17, 15) is 9.13 Å². The monoisotopic (exact) mass is 710 g/mol. The van der Waals surface area contributed by atoms with Gasteiger partial charge in [-0.15, -0.1) is 58.0 Å². The maximum Gasteiger partial charge on any atom is 0.359 e. The maximum atomic E-state index is 13.6. The average Bonchev–Trinajstić information content (AvgIpc) is 2.77. The average molecular weight is 713 g/mol. The van der Waals surface area contributed by atoms with Crippen LogP contribution in [-0.4, -0.2) is 71.6 Å². The third kappa shape index (κ3) is 17.1. The molecule has 0 radical (unpaired) electrons. The minimum absolute atomic E-state index is 0.0921. The van der Waals surface area contributed by atoms with Crippen LogP contribution in [0.3, 0.4) is 0 Å². The summed E-state index contributed by atoms with van der Waals surface area (Å²) in [6, 6.07) is 0. The highest BCUT2D eigenvalue weighted by Crippen LogP contribution is 2.65. The summed E-state index contributed by atoms with van der Waals surface area (Å²) in [5, 5.41) is -2.38. The van der Waals surface area contributed by atoms with Gasteiger partial charge in [-0.25, -0.2) is 0 Å². The van der Waals surface area contributed by atoms with Crippen molar-refractivity contribution < 1.29 is 40.8 Å². The second-order valence-electron chi connectivity index (χ2n) is 8.32. The highest BCUT2D eigenvalue weighted by Gasteiger charge is 2.44. The van der Waals surface area contributed by atoms with Gasteiger partial charge >= 0.3 is 21.9 Å². The fourth-order valence-corrected chi connectivity index (χ4v) is 9.89. The van der Waals surface area contributed by atoms with Crippen molar-refractivity contribution in [2.45, 2.75) is 87.0 Å². The minimum atomic E-state index is -3.99. The summed E-state index contributed by atoms with van der Waals surface area (Å²) in [7, 11) is -7.97. The van der Waals surface area contributed by atoms with Crippen LogP contribution < -0.4 is 0 Å². The molecule has 37 heavy (non-hydrogen) atoms. The van der Waals surface area contributed by atoms with E-state index >= 15 is 0 Å². The topological polar surface area (TPSA) is 98.8 Å². The van der Waals surface area contributed by atoms with E-state index in [4.69, 9.17) is 101 Å². The molecule has 0 saturated heterocycles. The molecule has 0 bridgehead atoms. The van der Waals surface area contributed by atoms with Gasteiger partial charge in [0.25, 0.3) is 0 Å². The van der Waals surface area contributed by atoms with Crippen molar-refractivity contribution >= 4 is 91.7 Å². The Labute approximate surface area is 251 Å². The van der Waals surface area contributed by atoms with Gasteiger partial charge < -0.3 is 22.6 Å². The Hall–Kier alpha value is 2.28. The SMILES string of the molecule is CC(Cl)COP(=O)(OCC(C)Cl)C(C)OP(=S)(OCC(C)Cl)OC(C)P(=O)(OCC(C)Cl)OCC(C)Cl. The van der Waals surface area contributed by atoms with Crippen molar-refractivity contribution in [1.29, 1.82) is 0 Å². The van der Waals surface area contributed by atoms with Crippen molar-refractivity contribution in [3.8, 4) is 0 Å². The molecule has 0 aromatic heterocycles. The second kappa shape index (κ2) is 18.7. The van der Waals surface area contributed by atoms with Crippen LogP contribution in [0.2, 0.25) is 0 Å². The molecule has 0 aliphatic carbocycles. The number of rotatable bonds is 21. The van der Waals surface area contributed by atoms with E-state index in [0.717, 1.165) is 0 Å². The minimum Gasteiger partial charge on any atom is -0.307 e. The first-order valence-electron chi connectivity index (χ1n) is 11.4. The summed E-state index contributed by atoms with van der Waals surface area (Å²) in [4.78, 5) is 0. The molecule has 18 heteroatoms. The molecule has 0 spiro atoms. The van der Waals surface area contributed by atoms with E-state index in [2.05, 4.69) is 0 Å². The van der Waals surface area contributed by atoms with Gasteiger partial charge in [0.2, 0.25) is 0 Å². The Balaban J connectivity index is 6.03. The standard InChI is InChI=1S/C19H38Cl5O9P3S/c1-13(20)8-27-34(25,28-9-14(2)21)18(6)32-36(37,31-12-17(5)24)33-19(7)35(26,29-10-15(3)22)30-11-16(4)23/h13-19H,8-12H2,1-7H3. The summed E-state index contributed by atoms with van der Waals surface area (Å²) in [6.45, 7) is 6.79. The van der Waals surface area contributed by atoms with E-state index in [1.807, 2.05) is 0 Å². The number of alkyl halides is 5. The van der Waals surface area contributed by atoms with Gasteiger partial charge in [-0.3, -0.25) is 18.2 Å². The van der Waals surface area contributed by atoms with Crippen LogP contribution in [0.4, 0.5) is 0 Å². The number of hydrogen-bond acceptors (Lipinski definition) is 10. The van der Waals surface area contributed by atoms with Gasteiger partial charge in [0.15, 0.2) is 11.7 Å². The molecule has 0 aliphatic heterocycles. The summed E-state index contributed by atoms with van der Waals surface area (Å²) < 4.78 is 66.6. The maximum absolute atomic E-state index is 13.6. The molecule has 0 heterocycles. The lowest BCUT2D eigenvalue weighted by atomic mass is 10.5. The molecule has 0 aliphatic rings. The molecular weight excluding hydrogens is 674 g/mol. The second-order valence-corrected chi connectivity index (χ2v) is 19.6. The molecule has 0 fully saturated rings. The zero-order chi connectivity index (χ0) is 29.0. The number of halogens is 5. The van der Waals surface area contributed by atoms with Crippen molar-refractivity contribution in [2.75, 3.05) is 33.0 Å². The third-order valence-corrected chi connectivity index (χ3v) is 11.3. The quantitative estimate of drug-likeness (QED) is 0.0851. The van der Waals surface area contributed by atoms with Crippen LogP contribution in [0.1, 0.15) is 48.5 Å². The molecule has 0 amide bonds. The summed E-state index contributed by atoms with van der Waals surface area (Å²) in [6.07, 6.45) is 0. The van der Waals surface area contributed by atoms with Crippen molar-refractivity contribution in [3.63, 3.8) is 0 Å². The van der Waals surface area contributed by atoms with Crippen LogP contribution in [0.5, 0.6) is 0 Å². The zero-order valence-electron chi connectivity index (χ0n) is 21.9. The molecule has 9 nitrogen and oxygen atoms in total. The Morgan fingerprint density at radius 2 is 0.730 bits per heavy atom. The van der Waals surface area contributed by atoms with Crippen LogP contribution in [-0.2, 0) is 52.6 Å². The van der Waals surface area contributed by atoms with Crippen LogP contribution >= 0.6 is 79.9 Å². The van der Waals surface area contributed by atoms with Gasteiger partial charge in [0.1, 0.15) is 0 Å². The van der Waals surface area contributed by atoms with Crippen molar-refractivity contribution in [3.05, 3.63) is 0 Å². The fourth-order valence-electron chi connectivity index (χ4n) is 2.09. The van der Waals surface area contributed by atoms with Crippen LogP contribution in [0.25, 0.3) is 0 Å². The van der Waals surface area contributed by atoms with Crippen LogP contribution in [0, 0.1) is 0 Å². The van der Waals surface area contributed by atoms with Gasteiger partial charge in [0.05, 0.1) is 59.9 Å². The molecule has 224 valence electrons. The first kappa shape index (κ1) is 39.3. The predicted octanol–water partition coefficient (Wildman–Crippen LogP) is 8.54. The molecule has 7 atom stereocenters. The van der Waals surface area contributed by atoms with Gasteiger partial charge in [-0.05, 0) is 60.3 Å². The van der Waals surface area contributed by atoms with E-state index in [0.29, 0.717) is 0 Å². The zero-order valence-corrected chi connectivity index (χ0v) is 29.2. The predicted molar refractivity (Wildman–Crippen MR) is 157 cm³/mol. The van der Waals surface area contributed by atoms with Gasteiger partial charge in [-0.2, -0.15) is 0 Å². The first-order chi connectivity index (χ1) is 16.8. The molecule has 0 N–H and O–H groups in total. The molecule has 0 saturated carbocycles. The summed E-state index contributed by atoms with van der Waals surface area (Å²) in [5.74, 6) is -2.57. The lowest BCUT2D eigenvalue weighted by molar-refractivity contribution is 0.101. The Bertz CT molecular complexity index is 706. The van der Waals surface area contributed by atoms with Gasteiger partial charge in [0, 0.05) is 0 Å². The normalized spacial score (nSPS) is 23.0. The summed E-state index contributed by atoms with van der Waals surface area (Å²) in [5.41, 5.74) is 0. The lowest BCUT2D eigenvalue weighted by Crippen LogP contribution is -2.22. The highest BCUT2D eigenvalue weighted by molar-refractivity contribution is 8.07. The lowest BCUT2D eigenvalue weighted by Gasteiger charge is -2.33. The van der Waals surface area contributed by atoms with E-state index in [-0.39, 0.29) is 33.0 Å². The Kier molecular flexibility index (Phi) is 19.9. The molecule has 0 rings (SSSR count). The first-order valence-corrected chi connectivity index (χ1v) is 19.4. The highest BCUT2D eigenvalue weighted by atomic mass is 35.5. The molecule has 0 aromatic carbocycles. The van der Waals surface area contributed by atoms with Crippen molar-refractivity contribution in [2.24, 2.45) is 0 Å². The van der Waals surface area contributed by atoms with E-state index < -0.39 is 60.5 Å². The van der Waals surface area contributed by atoms with E-state index in [1.165, 1.54) is 13.8 Å².